The number of thiophene rings is 1. The number of aromatic nitrogens is 5. The van der Waals surface area contributed by atoms with Crippen LogP contribution in [0.3, 0.4) is 0 Å². The number of hydrogen-bond donors (Lipinski definition) is 0. The second-order valence-electron chi connectivity index (χ2n) is 15.5. The summed E-state index contributed by atoms with van der Waals surface area (Å²) in [6, 6.07) is 72.3. The molecule has 4 heterocycles. The Morgan fingerprint density at radius 1 is 0.355 bits per heavy atom. The molecule has 8 aromatic carbocycles. The smallest absolute Gasteiger partial charge is 0.167 e. The summed E-state index contributed by atoms with van der Waals surface area (Å²) in [5, 5.41) is 4.92. The standard InChI is InChI=1S/C56H35N5S/c1-5-17-36(18-6-1)40-31-41(37-19-7-2-8-20-37)33-42(32-40)43-34-47(55-59-53(38-21-9-3-10-22-38)58-54(60-55)39-23-11-4-12-24-39)56(57-35-43)61-48-27-15-13-26-46(48)51-49(61)30-29-45-44-25-14-16-28-50(44)62-52(45)51/h1-35H. The number of para-hydroxylation sites is 1. The van der Waals surface area contributed by atoms with Gasteiger partial charge in [-0.15, -0.1) is 11.3 Å². The van der Waals surface area contributed by atoms with Crippen molar-refractivity contribution in [3.05, 3.63) is 212 Å². The van der Waals surface area contributed by atoms with Gasteiger partial charge in [-0.25, -0.2) is 19.9 Å². The molecule has 0 saturated heterocycles. The highest BCUT2D eigenvalue weighted by atomic mass is 32.1. The van der Waals surface area contributed by atoms with E-state index in [0.29, 0.717) is 17.5 Å². The van der Waals surface area contributed by atoms with E-state index < -0.39 is 0 Å². The molecule has 0 bridgehead atoms. The molecule has 0 aliphatic heterocycles. The third-order valence-corrected chi connectivity index (χ3v) is 12.9. The molecule has 0 radical (unpaired) electrons. The third kappa shape index (κ3) is 6.16. The minimum absolute atomic E-state index is 0.540. The molecule has 0 spiro atoms. The van der Waals surface area contributed by atoms with Gasteiger partial charge < -0.3 is 0 Å². The average molecular weight is 810 g/mol. The molecule has 0 amide bonds. The number of nitrogens with zero attached hydrogens (tertiary/aromatic N) is 5. The zero-order chi connectivity index (χ0) is 41.0. The van der Waals surface area contributed by atoms with Crippen molar-refractivity contribution in [1.82, 2.24) is 24.5 Å². The quantitative estimate of drug-likeness (QED) is 0.161. The maximum atomic E-state index is 5.47. The van der Waals surface area contributed by atoms with Crippen LogP contribution in [0.1, 0.15) is 0 Å². The van der Waals surface area contributed by atoms with Gasteiger partial charge in [0.1, 0.15) is 5.82 Å². The summed E-state index contributed by atoms with van der Waals surface area (Å²) in [5.41, 5.74) is 11.3. The van der Waals surface area contributed by atoms with E-state index in [4.69, 9.17) is 19.9 Å². The first-order valence-electron chi connectivity index (χ1n) is 20.7. The van der Waals surface area contributed by atoms with Crippen molar-refractivity contribution in [2.75, 3.05) is 0 Å². The topological polar surface area (TPSA) is 56.5 Å². The van der Waals surface area contributed by atoms with E-state index >= 15 is 0 Å². The zero-order valence-corrected chi connectivity index (χ0v) is 34.2. The minimum Gasteiger partial charge on any atom is -0.293 e. The van der Waals surface area contributed by atoms with Crippen LogP contribution in [-0.4, -0.2) is 24.5 Å². The molecule has 12 aromatic rings. The first-order valence-corrected chi connectivity index (χ1v) is 21.5. The Hall–Kier alpha value is -8.06. The lowest BCUT2D eigenvalue weighted by atomic mass is 9.93. The van der Waals surface area contributed by atoms with Gasteiger partial charge in [0.2, 0.25) is 0 Å². The molecule has 6 heteroatoms. The van der Waals surface area contributed by atoms with Gasteiger partial charge in [-0.3, -0.25) is 4.57 Å². The molecule has 0 aliphatic carbocycles. The lowest BCUT2D eigenvalue weighted by molar-refractivity contribution is 1.04. The first-order chi connectivity index (χ1) is 30.7. The van der Waals surface area contributed by atoms with E-state index in [1.54, 1.807) is 0 Å². The van der Waals surface area contributed by atoms with E-state index in [-0.39, 0.29) is 0 Å². The molecule has 0 aliphatic rings. The van der Waals surface area contributed by atoms with Crippen molar-refractivity contribution < 1.29 is 0 Å². The van der Waals surface area contributed by atoms with Gasteiger partial charge in [-0.1, -0.05) is 164 Å². The highest BCUT2D eigenvalue weighted by Crippen LogP contribution is 2.44. The van der Waals surface area contributed by atoms with Crippen LogP contribution >= 0.6 is 11.3 Å². The lowest BCUT2D eigenvalue weighted by Crippen LogP contribution is -2.05. The van der Waals surface area contributed by atoms with Crippen LogP contribution in [0.5, 0.6) is 0 Å². The molecule has 0 unspecified atom stereocenters. The van der Waals surface area contributed by atoms with Crippen LogP contribution in [0.25, 0.3) is 115 Å². The fourth-order valence-corrected chi connectivity index (χ4v) is 10.00. The monoisotopic (exact) mass is 809 g/mol. The highest BCUT2D eigenvalue weighted by molar-refractivity contribution is 7.26. The summed E-state index contributed by atoms with van der Waals surface area (Å²) >= 11 is 1.85. The summed E-state index contributed by atoms with van der Waals surface area (Å²) in [5.74, 6) is 2.47. The van der Waals surface area contributed by atoms with E-state index in [1.165, 1.54) is 30.9 Å². The Balaban J connectivity index is 1.16. The molecule has 5 nitrogen and oxygen atoms in total. The number of pyridine rings is 1. The van der Waals surface area contributed by atoms with E-state index in [2.05, 4.69) is 150 Å². The van der Waals surface area contributed by atoms with Crippen LogP contribution in [-0.2, 0) is 0 Å². The van der Waals surface area contributed by atoms with Gasteiger partial charge in [0, 0.05) is 53.8 Å². The fraction of sp³-hybridized carbons (Fsp3) is 0. The molecule has 62 heavy (non-hydrogen) atoms. The normalized spacial score (nSPS) is 11.5. The first kappa shape index (κ1) is 35.8. The summed E-state index contributed by atoms with van der Waals surface area (Å²) in [6.07, 6.45) is 2.01. The molecule has 4 aromatic heterocycles. The molecule has 290 valence electrons. The van der Waals surface area contributed by atoms with E-state index in [9.17, 15) is 0 Å². The third-order valence-electron chi connectivity index (χ3n) is 11.7. The van der Waals surface area contributed by atoms with Crippen molar-refractivity contribution >= 4 is 53.3 Å². The maximum absolute atomic E-state index is 5.47. The largest absolute Gasteiger partial charge is 0.293 e. The molecule has 0 fully saturated rings. The Bertz CT molecular complexity index is 3500. The van der Waals surface area contributed by atoms with Crippen LogP contribution in [0.2, 0.25) is 0 Å². The van der Waals surface area contributed by atoms with Gasteiger partial charge in [-0.2, -0.15) is 0 Å². The summed E-state index contributed by atoms with van der Waals surface area (Å²) in [4.78, 5) is 21.1. The second kappa shape index (κ2) is 14.9. The average Bonchev–Trinajstić information content (AvgIpc) is 3.90. The predicted molar refractivity (Wildman–Crippen MR) is 257 cm³/mol. The van der Waals surface area contributed by atoms with Crippen LogP contribution in [0, 0.1) is 0 Å². The van der Waals surface area contributed by atoms with Crippen molar-refractivity contribution in [2.24, 2.45) is 0 Å². The Labute approximate surface area is 361 Å². The van der Waals surface area contributed by atoms with Crippen molar-refractivity contribution in [3.63, 3.8) is 0 Å². The minimum atomic E-state index is 0.540. The number of benzene rings is 8. The fourth-order valence-electron chi connectivity index (χ4n) is 8.74. The summed E-state index contributed by atoms with van der Waals surface area (Å²) in [6.45, 7) is 0. The zero-order valence-electron chi connectivity index (χ0n) is 33.4. The molecule has 12 rings (SSSR count). The molecule has 0 atom stereocenters. The number of rotatable bonds is 7. The summed E-state index contributed by atoms with van der Waals surface area (Å²) in [7, 11) is 0. The SMILES string of the molecule is c1ccc(-c2cc(-c3ccccc3)cc(-c3cnc(-n4c5ccccc5c5c6sc7ccccc7c6ccc54)c(-c4nc(-c5ccccc5)nc(-c5ccccc5)n4)c3)c2)cc1. The van der Waals surface area contributed by atoms with Crippen molar-refractivity contribution in [1.29, 1.82) is 0 Å². The summed E-state index contributed by atoms with van der Waals surface area (Å²) < 4.78 is 4.84. The molecule has 0 saturated carbocycles. The van der Waals surface area contributed by atoms with Gasteiger partial charge in [0.15, 0.2) is 17.5 Å². The molecular weight excluding hydrogens is 775 g/mol. The van der Waals surface area contributed by atoms with Crippen LogP contribution in [0.4, 0.5) is 0 Å². The van der Waals surface area contributed by atoms with Gasteiger partial charge in [0.05, 0.1) is 16.6 Å². The second-order valence-corrected chi connectivity index (χ2v) is 16.5. The van der Waals surface area contributed by atoms with E-state index in [1.807, 2.05) is 78.2 Å². The Morgan fingerprint density at radius 2 is 0.855 bits per heavy atom. The lowest BCUT2D eigenvalue weighted by Gasteiger charge is -2.16. The van der Waals surface area contributed by atoms with Gasteiger partial charge in [-0.05, 0) is 70.3 Å². The van der Waals surface area contributed by atoms with Crippen molar-refractivity contribution in [3.8, 4) is 73.4 Å². The molecular formula is C56H35N5S. The van der Waals surface area contributed by atoms with Gasteiger partial charge >= 0.3 is 0 Å². The maximum Gasteiger partial charge on any atom is 0.167 e. The number of hydrogen-bond acceptors (Lipinski definition) is 5. The van der Waals surface area contributed by atoms with Gasteiger partial charge in [0.25, 0.3) is 0 Å². The Morgan fingerprint density at radius 3 is 1.47 bits per heavy atom. The van der Waals surface area contributed by atoms with E-state index in [0.717, 1.165) is 66.9 Å². The number of fused-ring (bicyclic) bond motifs is 7. The van der Waals surface area contributed by atoms with Crippen LogP contribution in [0.15, 0.2) is 212 Å². The van der Waals surface area contributed by atoms with Crippen molar-refractivity contribution in [2.45, 2.75) is 0 Å². The highest BCUT2D eigenvalue weighted by Gasteiger charge is 2.23. The predicted octanol–water partition coefficient (Wildman–Crippen LogP) is 14.7. The molecule has 0 N–H and O–H groups in total. The Kier molecular flexibility index (Phi) is 8.61. The van der Waals surface area contributed by atoms with Crippen LogP contribution < -0.4 is 0 Å².